The summed E-state index contributed by atoms with van der Waals surface area (Å²) < 4.78 is 11.4. The number of carbonyl (C=O) groups excluding carboxylic acids is 1. The van der Waals surface area contributed by atoms with Crippen LogP contribution in [0, 0.1) is 0 Å². The summed E-state index contributed by atoms with van der Waals surface area (Å²) in [5.74, 6) is 1.69. The number of rotatable bonds is 5. The molecule has 0 bridgehead atoms. The molecule has 0 aliphatic carbocycles. The molecule has 138 valence electrons. The zero-order valence-electron chi connectivity index (χ0n) is 14.8. The number of aromatic nitrogens is 1. The van der Waals surface area contributed by atoms with Gasteiger partial charge in [0.25, 0.3) is 0 Å². The van der Waals surface area contributed by atoms with E-state index in [-0.39, 0.29) is 11.8 Å². The van der Waals surface area contributed by atoms with Crippen molar-refractivity contribution >= 4 is 28.2 Å². The van der Waals surface area contributed by atoms with Gasteiger partial charge in [-0.15, -0.1) is 0 Å². The number of nitrogens with two attached hydrogens (primary N) is 1. The number of fused-ring (bicyclic) bond motifs is 1. The van der Waals surface area contributed by atoms with Gasteiger partial charge in [-0.3, -0.25) is 4.79 Å². The average Bonchev–Trinajstić information content (AvgIpc) is 3.06. The molecule has 2 aromatic carbocycles. The zero-order chi connectivity index (χ0) is 18.8. The van der Waals surface area contributed by atoms with E-state index in [1.807, 2.05) is 48.5 Å². The molecule has 2 heterocycles. The Balaban J connectivity index is 1.60. The van der Waals surface area contributed by atoms with Crippen molar-refractivity contribution in [3.8, 4) is 11.5 Å². The summed E-state index contributed by atoms with van der Waals surface area (Å²) in [7, 11) is 1.61. The van der Waals surface area contributed by atoms with Gasteiger partial charge in [0.15, 0.2) is 16.6 Å². The van der Waals surface area contributed by atoms with Crippen molar-refractivity contribution in [1.29, 1.82) is 0 Å². The first kappa shape index (κ1) is 17.4. The number of amides is 1. The summed E-state index contributed by atoms with van der Waals surface area (Å²) >= 11 is 1.40. The number of nitrogens with zero attached hydrogens (tertiary/aromatic N) is 1. The normalized spacial score (nSPS) is 15.7. The quantitative estimate of drug-likeness (QED) is 0.702. The molecule has 1 aliphatic heterocycles. The molecule has 1 unspecified atom stereocenters. The molecule has 3 N–H and O–H groups in total. The summed E-state index contributed by atoms with van der Waals surface area (Å²) in [6, 6.07) is 15.7. The van der Waals surface area contributed by atoms with Crippen molar-refractivity contribution in [3.05, 3.63) is 64.5 Å². The fourth-order valence-corrected chi connectivity index (χ4v) is 4.08. The van der Waals surface area contributed by atoms with Crippen molar-refractivity contribution in [2.24, 2.45) is 0 Å². The van der Waals surface area contributed by atoms with Crippen LogP contribution in [0.1, 0.15) is 28.3 Å². The number of hydrogen-bond acceptors (Lipinski definition) is 6. The maximum atomic E-state index is 12.1. The molecule has 0 saturated carbocycles. The lowest BCUT2D eigenvalue weighted by atomic mass is 9.91. The van der Waals surface area contributed by atoms with Crippen LogP contribution in [0.4, 0.5) is 10.9 Å². The first-order valence-electron chi connectivity index (χ1n) is 8.54. The van der Waals surface area contributed by atoms with Crippen molar-refractivity contribution in [1.82, 2.24) is 4.98 Å². The molecule has 1 amide bonds. The van der Waals surface area contributed by atoms with Gasteiger partial charge in [-0.05, 0) is 23.3 Å². The lowest BCUT2D eigenvalue weighted by Crippen LogP contribution is -2.22. The molecule has 6 nitrogen and oxygen atoms in total. The van der Waals surface area contributed by atoms with Gasteiger partial charge in [0.2, 0.25) is 5.91 Å². The van der Waals surface area contributed by atoms with Gasteiger partial charge in [-0.25, -0.2) is 4.98 Å². The highest BCUT2D eigenvalue weighted by Gasteiger charge is 2.30. The maximum Gasteiger partial charge on any atom is 0.226 e. The summed E-state index contributed by atoms with van der Waals surface area (Å²) in [5, 5.41) is 3.23. The van der Waals surface area contributed by atoms with Crippen LogP contribution >= 0.6 is 11.3 Å². The molecule has 7 heteroatoms. The molecule has 1 aliphatic rings. The Kier molecular flexibility index (Phi) is 4.68. The third-order valence-corrected chi connectivity index (χ3v) is 5.46. The predicted molar refractivity (Wildman–Crippen MR) is 105 cm³/mol. The van der Waals surface area contributed by atoms with Gasteiger partial charge in [0, 0.05) is 12.3 Å². The van der Waals surface area contributed by atoms with E-state index in [2.05, 4.69) is 10.3 Å². The third kappa shape index (κ3) is 3.59. The highest BCUT2D eigenvalue weighted by atomic mass is 32.1. The highest BCUT2D eigenvalue weighted by Crippen LogP contribution is 2.43. The van der Waals surface area contributed by atoms with Crippen LogP contribution in [0.15, 0.2) is 48.5 Å². The Morgan fingerprint density at radius 2 is 2.04 bits per heavy atom. The van der Waals surface area contributed by atoms with Gasteiger partial charge in [0.1, 0.15) is 12.4 Å². The second-order valence-corrected chi connectivity index (χ2v) is 7.32. The fraction of sp³-hybridized carbons (Fsp3) is 0.200. The van der Waals surface area contributed by atoms with E-state index in [1.54, 1.807) is 7.11 Å². The molecular weight excluding hydrogens is 362 g/mol. The number of benzene rings is 2. The SMILES string of the molecule is COc1cc(C2CC(=O)Nc3nc(N)sc32)ccc1OCc1ccccc1. The van der Waals surface area contributed by atoms with Crippen molar-refractivity contribution in [2.45, 2.75) is 18.9 Å². The number of thiazole rings is 1. The number of hydrogen-bond donors (Lipinski definition) is 2. The minimum absolute atomic E-state index is 0.0684. The van der Waals surface area contributed by atoms with E-state index in [4.69, 9.17) is 15.2 Å². The van der Waals surface area contributed by atoms with Crippen LogP contribution in [-0.2, 0) is 11.4 Å². The smallest absolute Gasteiger partial charge is 0.226 e. The van der Waals surface area contributed by atoms with Crippen LogP contribution in [0.25, 0.3) is 0 Å². The Morgan fingerprint density at radius 1 is 1.22 bits per heavy atom. The fourth-order valence-electron chi connectivity index (χ4n) is 3.16. The molecular formula is C20H19N3O3S. The lowest BCUT2D eigenvalue weighted by molar-refractivity contribution is -0.116. The largest absolute Gasteiger partial charge is 0.493 e. The lowest BCUT2D eigenvalue weighted by Gasteiger charge is -2.22. The Morgan fingerprint density at radius 3 is 2.81 bits per heavy atom. The zero-order valence-corrected chi connectivity index (χ0v) is 15.6. The van der Waals surface area contributed by atoms with Crippen molar-refractivity contribution < 1.29 is 14.3 Å². The molecule has 1 aromatic heterocycles. The Bertz CT molecular complexity index is 972. The second kappa shape index (κ2) is 7.28. The minimum atomic E-state index is -0.0966. The van der Waals surface area contributed by atoms with Gasteiger partial charge in [-0.1, -0.05) is 47.7 Å². The first-order valence-corrected chi connectivity index (χ1v) is 9.36. The van der Waals surface area contributed by atoms with Crippen LogP contribution < -0.4 is 20.5 Å². The highest BCUT2D eigenvalue weighted by molar-refractivity contribution is 7.16. The van der Waals surface area contributed by atoms with Crippen molar-refractivity contribution in [3.63, 3.8) is 0 Å². The molecule has 0 spiro atoms. The topological polar surface area (TPSA) is 86.5 Å². The second-order valence-electron chi connectivity index (χ2n) is 6.25. The molecule has 0 radical (unpaired) electrons. The van der Waals surface area contributed by atoms with Crippen LogP contribution in [0.5, 0.6) is 11.5 Å². The van der Waals surface area contributed by atoms with Gasteiger partial charge >= 0.3 is 0 Å². The number of anilines is 2. The number of methoxy groups -OCH3 is 1. The first-order chi connectivity index (χ1) is 13.1. The Labute approximate surface area is 161 Å². The van der Waals surface area contributed by atoms with E-state index in [0.29, 0.717) is 35.5 Å². The number of carbonyl (C=O) groups is 1. The molecule has 1 atom stereocenters. The number of nitrogens with one attached hydrogen (secondary N) is 1. The molecule has 3 aromatic rings. The minimum Gasteiger partial charge on any atom is -0.493 e. The summed E-state index contributed by atoms with van der Waals surface area (Å²) in [4.78, 5) is 17.2. The van der Waals surface area contributed by atoms with E-state index < -0.39 is 0 Å². The van der Waals surface area contributed by atoms with Crippen LogP contribution in [-0.4, -0.2) is 18.0 Å². The average molecular weight is 381 g/mol. The molecule has 4 rings (SSSR count). The van der Waals surface area contributed by atoms with Gasteiger partial charge < -0.3 is 20.5 Å². The maximum absolute atomic E-state index is 12.1. The summed E-state index contributed by atoms with van der Waals surface area (Å²) in [6.07, 6.45) is 0.349. The van der Waals surface area contributed by atoms with E-state index >= 15 is 0 Å². The monoisotopic (exact) mass is 381 g/mol. The van der Waals surface area contributed by atoms with Crippen LogP contribution in [0.3, 0.4) is 0 Å². The van der Waals surface area contributed by atoms with Crippen molar-refractivity contribution in [2.75, 3.05) is 18.2 Å². The molecule has 27 heavy (non-hydrogen) atoms. The van der Waals surface area contributed by atoms with Crippen LogP contribution in [0.2, 0.25) is 0 Å². The van der Waals surface area contributed by atoms with Gasteiger partial charge in [-0.2, -0.15) is 0 Å². The standard InChI is InChI=1S/C20H19N3O3S/c1-25-16-9-13(7-8-15(16)26-11-12-5-3-2-4-6-12)14-10-17(24)22-19-18(14)27-20(21)23-19/h2-9,14H,10-11H2,1H3,(H2,21,23)(H,22,24). The van der Waals surface area contributed by atoms with Gasteiger partial charge in [0.05, 0.1) is 12.0 Å². The molecule has 0 fully saturated rings. The number of ether oxygens (including phenoxy) is 2. The third-order valence-electron chi connectivity index (χ3n) is 4.46. The van der Waals surface area contributed by atoms with E-state index in [0.717, 1.165) is 16.0 Å². The summed E-state index contributed by atoms with van der Waals surface area (Å²) in [5.41, 5.74) is 7.88. The molecule has 0 saturated heterocycles. The summed E-state index contributed by atoms with van der Waals surface area (Å²) in [6.45, 7) is 0.456. The number of nitrogen functional groups attached to an aromatic ring is 1. The van der Waals surface area contributed by atoms with E-state index in [1.165, 1.54) is 11.3 Å². The Hall–Kier alpha value is -3.06. The van der Waals surface area contributed by atoms with E-state index in [9.17, 15) is 4.79 Å². The predicted octanol–water partition coefficient (Wildman–Crippen LogP) is 3.79.